The Morgan fingerprint density at radius 1 is 1.17 bits per heavy atom. The second kappa shape index (κ2) is 8.51. The molecule has 1 unspecified atom stereocenters. The third-order valence-corrected chi connectivity index (χ3v) is 5.21. The third kappa shape index (κ3) is 4.72. The molecule has 0 heterocycles. The SMILES string of the molecule is CCS(=O)c1ccc(Cl)cc1CNC(=O)c1cc(Cl)cc(OC)c1. The predicted molar refractivity (Wildman–Crippen MR) is 97.6 cm³/mol. The van der Waals surface area contributed by atoms with Gasteiger partial charge in [0.25, 0.3) is 5.91 Å². The number of methoxy groups -OCH3 is 1. The molecule has 2 aromatic carbocycles. The Bertz CT molecular complexity index is 780. The van der Waals surface area contributed by atoms with Crippen molar-refractivity contribution in [3.63, 3.8) is 0 Å². The van der Waals surface area contributed by atoms with Crippen molar-refractivity contribution in [2.45, 2.75) is 18.4 Å². The van der Waals surface area contributed by atoms with Crippen molar-refractivity contribution < 1.29 is 13.7 Å². The lowest BCUT2D eigenvalue weighted by molar-refractivity contribution is 0.0950. The summed E-state index contributed by atoms with van der Waals surface area (Å²) in [4.78, 5) is 13.0. The molecule has 0 bridgehead atoms. The molecule has 0 spiro atoms. The maximum absolute atomic E-state index is 12.3. The Balaban J connectivity index is 2.19. The van der Waals surface area contributed by atoms with Gasteiger partial charge in [0, 0.05) is 32.8 Å². The van der Waals surface area contributed by atoms with Crippen LogP contribution in [0.5, 0.6) is 5.75 Å². The fourth-order valence-corrected chi connectivity index (χ4v) is 3.53. The Morgan fingerprint density at radius 3 is 2.58 bits per heavy atom. The average Bonchev–Trinajstić information content (AvgIpc) is 2.58. The number of carbonyl (C=O) groups is 1. The van der Waals surface area contributed by atoms with E-state index in [2.05, 4.69) is 5.32 Å². The monoisotopic (exact) mass is 385 g/mol. The molecule has 0 aliphatic rings. The second-order valence-electron chi connectivity index (χ2n) is 4.95. The molecule has 1 atom stereocenters. The number of amides is 1. The van der Waals surface area contributed by atoms with E-state index in [0.717, 1.165) is 5.56 Å². The van der Waals surface area contributed by atoms with E-state index < -0.39 is 10.8 Å². The Labute approximate surface area is 153 Å². The van der Waals surface area contributed by atoms with Crippen LogP contribution < -0.4 is 10.1 Å². The minimum atomic E-state index is -1.13. The normalized spacial score (nSPS) is 11.8. The number of hydrogen-bond donors (Lipinski definition) is 1. The molecule has 1 amide bonds. The van der Waals surface area contributed by atoms with Gasteiger partial charge in [0.1, 0.15) is 5.75 Å². The molecule has 7 heteroatoms. The van der Waals surface area contributed by atoms with Crippen molar-refractivity contribution in [1.82, 2.24) is 5.32 Å². The highest BCUT2D eigenvalue weighted by molar-refractivity contribution is 7.85. The molecule has 0 aliphatic carbocycles. The van der Waals surface area contributed by atoms with E-state index in [4.69, 9.17) is 27.9 Å². The van der Waals surface area contributed by atoms with E-state index in [9.17, 15) is 9.00 Å². The lowest BCUT2D eigenvalue weighted by Crippen LogP contribution is -2.23. The first kappa shape index (κ1) is 18.8. The van der Waals surface area contributed by atoms with Crippen LogP contribution in [-0.2, 0) is 17.3 Å². The second-order valence-corrected chi connectivity index (χ2v) is 7.53. The van der Waals surface area contributed by atoms with Crippen LogP contribution in [0.25, 0.3) is 0 Å². The van der Waals surface area contributed by atoms with Crippen molar-refractivity contribution in [3.05, 3.63) is 57.6 Å². The van der Waals surface area contributed by atoms with Gasteiger partial charge in [-0.05, 0) is 42.0 Å². The van der Waals surface area contributed by atoms with Gasteiger partial charge >= 0.3 is 0 Å². The summed E-state index contributed by atoms with van der Waals surface area (Å²) in [6.07, 6.45) is 0. The lowest BCUT2D eigenvalue weighted by Gasteiger charge is -2.11. The van der Waals surface area contributed by atoms with Crippen LogP contribution in [0.4, 0.5) is 0 Å². The van der Waals surface area contributed by atoms with Gasteiger partial charge < -0.3 is 10.1 Å². The van der Waals surface area contributed by atoms with E-state index in [1.165, 1.54) is 7.11 Å². The number of hydrogen-bond acceptors (Lipinski definition) is 3. The van der Waals surface area contributed by atoms with Crippen LogP contribution >= 0.6 is 23.2 Å². The topological polar surface area (TPSA) is 55.4 Å². The van der Waals surface area contributed by atoms with Gasteiger partial charge in [-0.25, -0.2) is 0 Å². The molecule has 2 rings (SSSR count). The maximum atomic E-state index is 12.3. The van der Waals surface area contributed by atoms with Gasteiger partial charge in [0.2, 0.25) is 0 Å². The highest BCUT2D eigenvalue weighted by Crippen LogP contribution is 2.22. The summed E-state index contributed by atoms with van der Waals surface area (Å²) in [5.74, 6) is 0.695. The van der Waals surface area contributed by atoms with Crippen molar-refractivity contribution in [3.8, 4) is 5.75 Å². The fourth-order valence-electron chi connectivity index (χ4n) is 2.15. The largest absolute Gasteiger partial charge is 0.497 e. The molecule has 0 saturated heterocycles. The molecule has 2 aromatic rings. The average molecular weight is 386 g/mol. The van der Waals surface area contributed by atoms with Crippen LogP contribution in [0.2, 0.25) is 10.0 Å². The van der Waals surface area contributed by atoms with E-state index in [1.54, 1.807) is 36.4 Å². The summed E-state index contributed by atoms with van der Waals surface area (Å²) < 4.78 is 17.2. The van der Waals surface area contributed by atoms with Crippen molar-refractivity contribution >= 4 is 39.9 Å². The third-order valence-electron chi connectivity index (χ3n) is 3.34. The number of carbonyl (C=O) groups excluding carboxylic acids is 1. The highest BCUT2D eigenvalue weighted by Gasteiger charge is 2.12. The quantitative estimate of drug-likeness (QED) is 0.815. The Morgan fingerprint density at radius 2 is 1.92 bits per heavy atom. The van der Waals surface area contributed by atoms with E-state index in [0.29, 0.717) is 32.0 Å². The van der Waals surface area contributed by atoms with Crippen LogP contribution in [0.15, 0.2) is 41.3 Å². The van der Waals surface area contributed by atoms with E-state index >= 15 is 0 Å². The number of nitrogens with one attached hydrogen (secondary N) is 1. The molecule has 4 nitrogen and oxygen atoms in total. The Kier molecular flexibility index (Phi) is 6.66. The summed E-state index contributed by atoms with van der Waals surface area (Å²) in [5.41, 5.74) is 1.12. The molecule has 0 fully saturated rings. The van der Waals surface area contributed by atoms with Crippen LogP contribution in [0, 0.1) is 0 Å². The molecule has 128 valence electrons. The van der Waals surface area contributed by atoms with Crippen LogP contribution in [-0.4, -0.2) is 23.0 Å². The van der Waals surface area contributed by atoms with Gasteiger partial charge in [-0.2, -0.15) is 0 Å². The molecule has 0 aromatic heterocycles. The molecule has 0 aliphatic heterocycles. The van der Waals surface area contributed by atoms with E-state index in [1.807, 2.05) is 6.92 Å². The molecule has 0 radical (unpaired) electrons. The van der Waals surface area contributed by atoms with Crippen molar-refractivity contribution in [2.75, 3.05) is 12.9 Å². The van der Waals surface area contributed by atoms with Gasteiger partial charge in [0.05, 0.1) is 17.9 Å². The fraction of sp³-hybridized carbons (Fsp3) is 0.235. The minimum Gasteiger partial charge on any atom is -0.497 e. The highest BCUT2D eigenvalue weighted by atomic mass is 35.5. The Hall–Kier alpha value is -1.56. The van der Waals surface area contributed by atoms with Gasteiger partial charge in [-0.3, -0.25) is 9.00 Å². The standard InChI is InChI=1S/C17H17Cl2NO3S/c1-3-24(22)16-5-4-13(18)7-12(16)10-20-17(21)11-6-14(19)9-15(8-11)23-2/h4-9H,3,10H2,1-2H3,(H,20,21). The van der Waals surface area contributed by atoms with Gasteiger partial charge in [-0.1, -0.05) is 30.1 Å². The summed E-state index contributed by atoms with van der Waals surface area (Å²) >= 11 is 12.0. The molecular weight excluding hydrogens is 369 g/mol. The molecule has 0 saturated carbocycles. The summed E-state index contributed by atoms with van der Waals surface area (Å²) in [5, 5.41) is 3.73. The summed E-state index contributed by atoms with van der Waals surface area (Å²) in [7, 11) is 0.376. The smallest absolute Gasteiger partial charge is 0.251 e. The van der Waals surface area contributed by atoms with Crippen molar-refractivity contribution in [1.29, 1.82) is 0 Å². The first-order valence-corrected chi connectivity index (χ1v) is 9.31. The number of halogens is 2. The maximum Gasteiger partial charge on any atom is 0.251 e. The van der Waals surface area contributed by atoms with Crippen LogP contribution in [0.1, 0.15) is 22.8 Å². The zero-order chi connectivity index (χ0) is 17.7. The first-order valence-electron chi connectivity index (χ1n) is 7.24. The van der Waals surface area contributed by atoms with Crippen LogP contribution in [0.3, 0.4) is 0 Å². The lowest BCUT2D eigenvalue weighted by atomic mass is 10.2. The summed E-state index contributed by atoms with van der Waals surface area (Å²) in [6.45, 7) is 2.06. The van der Waals surface area contributed by atoms with Gasteiger partial charge in [-0.15, -0.1) is 0 Å². The van der Waals surface area contributed by atoms with Crippen molar-refractivity contribution in [2.24, 2.45) is 0 Å². The molecule has 1 N–H and O–H groups in total. The summed E-state index contributed by atoms with van der Waals surface area (Å²) in [6, 6.07) is 9.91. The zero-order valence-corrected chi connectivity index (χ0v) is 15.6. The molecule has 24 heavy (non-hydrogen) atoms. The van der Waals surface area contributed by atoms with Gasteiger partial charge in [0.15, 0.2) is 0 Å². The predicted octanol–water partition coefficient (Wildman–Crippen LogP) is 4.06. The minimum absolute atomic E-state index is 0.218. The van der Waals surface area contributed by atoms with E-state index in [-0.39, 0.29) is 12.5 Å². The molecular formula is C17H17Cl2NO3S. The zero-order valence-electron chi connectivity index (χ0n) is 13.3. The number of benzene rings is 2. The number of ether oxygens (including phenoxy) is 1. The first-order chi connectivity index (χ1) is 11.4. The number of rotatable bonds is 6.